The molecule has 0 bridgehead atoms. The average Bonchev–Trinajstić information content (AvgIpc) is 2.71. The van der Waals surface area contributed by atoms with Crippen LogP contribution in [0.1, 0.15) is 5.56 Å². The van der Waals surface area contributed by atoms with Crippen molar-refractivity contribution >= 4 is 51.2 Å². The van der Waals surface area contributed by atoms with Crippen molar-refractivity contribution in [2.24, 2.45) is 4.99 Å². The number of halogens is 3. The van der Waals surface area contributed by atoms with Gasteiger partial charge in [0.25, 0.3) is 10.0 Å². The van der Waals surface area contributed by atoms with Crippen LogP contribution < -0.4 is 14.8 Å². The maximum Gasteiger partial charge on any atom is 0.318 e. The maximum atomic E-state index is 12.8. The topological polar surface area (TPSA) is 129 Å². The SMILES string of the molecule is Cc1cccc(S(=O)(=O)NC2=CC(OCCO)(Oc3c(Cl)cc(Cl)cc3Cl)NC=N2)c1O. The van der Waals surface area contributed by atoms with Crippen LogP contribution in [0.15, 0.2) is 52.1 Å². The van der Waals surface area contributed by atoms with Crippen LogP contribution in [0.2, 0.25) is 15.1 Å². The second-order valence-corrected chi connectivity index (χ2v) is 9.40. The predicted molar refractivity (Wildman–Crippen MR) is 121 cm³/mol. The van der Waals surface area contributed by atoms with Crippen molar-refractivity contribution in [3.8, 4) is 11.5 Å². The molecule has 0 aliphatic carbocycles. The summed E-state index contributed by atoms with van der Waals surface area (Å²) in [6, 6.07) is 7.10. The van der Waals surface area contributed by atoms with Crippen molar-refractivity contribution in [3.63, 3.8) is 0 Å². The van der Waals surface area contributed by atoms with Crippen LogP contribution in [0.3, 0.4) is 0 Å². The fourth-order valence-corrected chi connectivity index (χ4v) is 4.76. The summed E-state index contributed by atoms with van der Waals surface area (Å²) in [5.74, 6) is -2.42. The van der Waals surface area contributed by atoms with E-state index in [-0.39, 0.29) is 44.7 Å². The molecule has 0 saturated heterocycles. The number of aliphatic imine (C=N–C) groups is 1. The Labute approximate surface area is 199 Å². The number of aryl methyl sites for hydroxylation is 1. The molecular weight excluding hydrogens is 505 g/mol. The first-order valence-corrected chi connectivity index (χ1v) is 11.6. The second kappa shape index (κ2) is 9.74. The van der Waals surface area contributed by atoms with Gasteiger partial charge in [-0.05, 0) is 30.7 Å². The van der Waals surface area contributed by atoms with Gasteiger partial charge in [-0.1, -0.05) is 46.9 Å². The number of hydrogen-bond donors (Lipinski definition) is 4. The lowest BCUT2D eigenvalue weighted by Gasteiger charge is -2.33. The van der Waals surface area contributed by atoms with Gasteiger partial charge >= 0.3 is 5.91 Å². The van der Waals surface area contributed by atoms with Gasteiger partial charge < -0.3 is 25.0 Å². The highest BCUT2D eigenvalue weighted by Gasteiger charge is 2.36. The van der Waals surface area contributed by atoms with Gasteiger partial charge in [0.1, 0.15) is 16.5 Å². The third-order valence-corrected chi connectivity index (χ3v) is 6.32. The molecule has 2 aromatic rings. The first kappa shape index (κ1) is 24.4. The van der Waals surface area contributed by atoms with E-state index in [1.165, 1.54) is 30.3 Å². The highest BCUT2D eigenvalue weighted by atomic mass is 35.5. The molecule has 1 unspecified atom stereocenters. The number of nitrogens with zero attached hydrogens (tertiary/aromatic N) is 1. The second-order valence-electron chi connectivity index (χ2n) is 6.50. The molecule has 0 fully saturated rings. The molecule has 0 radical (unpaired) electrons. The number of rotatable bonds is 8. The Balaban J connectivity index is 1.98. The van der Waals surface area contributed by atoms with Gasteiger partial charge in [0.2, 0.25) is 0 Å². The van der Waals surface area contributed by atoms with Crippen molar-refractivity contribution in [2.75, 3.05) is 13.2 Å². The van der Waals surface area contributed by atoms with Crippen LogP contribution in [0.5, 0.6) is 11.5 Å². The molecule has 0 aromatic heterocycles. The Morgan fingerprint density at radius 1 is 1.22 bits per heavy atom. The van der Waals surface area contributed by atoms with Gasteiger partial charge in [-0.15, -0.1) is 0 Å². The van der Waals surface area contributed by atoms with Crippen LogP contribution in [0, 0.1) is 6.92 Å². The Morgan fingerprint density at radius 3 is 2.56 bits per heavy atom. The minimum Gasteiger partial charge on any atom is -0.506 e. The number of hydrogen-bond acceptors (Lipinski definition) is 8. The van der Waals surface area contributed by atoms with Crippen LogP contribution in [-0.2, 0) is 14.8 Å². The van der Waals surface area contributed by atoms with E-state index in [0.717, 1.165) is 6.34 Å². The minimum atomic E-state index is -4.22. The molecule has 0 amide bonds. The smallest absolute Gasteiger partial charge is 0.318 e. The fourth-order valence-electron chi connectivity index (χ4n) is 2.70. The number of sulfonamides is 1. The van der Waals surface area contributed by atoms with Crippen LogP contribution in [0.25, 0.3) is 0 Å². The van der Waals surface area contributed by atoms with Gasteiger partial charge in [0.15, 0.2) is 5.75 Å². The van der Waals surface area contributed by atoms with Gasteiger partial charge in [0, 0.05) is 5.02 Å². The maximum absolute atomic E-state index is 12.8. The monoisotopic (exact) mass is 521 g/mol. The van der Waals surface area contributed by atoms with E-state index >= 15 is 0 Å². The highest BCUT2D eigenvalue weighted by Crippen LogP contribution is 2.38. The molecule has 1 aliphatic heterocycles. The number of benzene rings is 2. The quantitative estimate of drug-likeness (QED) is 0.392. The average molecular weight is 523 g/mol. The fraction of sp³-hybridized carbons (Fsp3) is 0.211. The first-order chi connectivity index (χ1) is 15.1. The van der Waals surface area contributed by atoms with E-state index in [9.17, 15) is 18.6 Å². The Kier molecular flexibility index (Phi) is 7.43. The Morgan fingerprint density at radius 2 is 1.91 bits per heavy atom. The van der Waals surface area contributed by atoms with Crippen LogP contribution in [-0.4, -0.2) is 44.1 Å². The molecule has 3 rings (SSSR count). The van der Waals surface area contributed by atoms with E-state index in [2.05, 4.69) is 15.0 Å². The summed E-state index contributed by atoms with van der Waals surface area (Å²) in [5.41, 5.74) is 0.381. The number of aliphatic hydroxyl groups excluding tert-OH is 1. The first-order valence-electron chi connectivity index (χ1n) is 9.00. The standard InChI is InChI=1S/C19H18Cl3N3O6S/c1-11-3-2-4-15(17(11)27)32(28,29)25-16-9-19(24-10-23-16,30-6-5-26)31-18-13(21)7-12(20)8-14(18)22/h2-4,7-10,25-27H,5-6H2,1H3,(H,23,24). The zero-order valence-electron chi connectivity index (χ0n) is 16.5. The van der Waals surface area contributed by atoms with E-state index in [1.807, 2.05) is 0 Å². The molecule has 13 heteroatoms. The molecule has 1 heterocycles. The number of nitrogens with one attached hydrogen (secondary N) is 2. The molecule has 0 saturated carbocycles. The summed E-state index contributed by atoms with van der Waals surface area (Å²) >= 11 is 18.3. The molecule has 32 heavy (non-hydrogen) atoms. The van der Waals surface area contributed by atoms with Crippen molar-refractivity contribution in [1.29, 1.82) is 0 Å². The largest absolute Gasteiger partial charge is 0.506 e. The van der Waals surface area contributed by atoms with E-state index in [0.29, 0.717) is 5.56 Å². The highest BCUT2D eigenvalue weighted by molar-refractivity contribution is 7.89. The normalized spacial score (nSPS) is 18.1. The molecule has 2 aromatic carbocycles. The molecular formula is C19H18Cl3N3O6S. The predicted octanol–water partition coefficient (Wildman–Crippen LogP) is 3.15. The number of aliphatic hydroxyl groups is 1. The Hall–Kier alpha value is -2.21. The lowest BCUT2D eigenvalue weighted by atomic mass is 10.2. The molecule has 1 aliphatic rings. The van der Waals surface area contributed by atoms with Crippen LogP contribution >= 0.6 is 34.8 Å². The zero-order valence-corrected chi connectivity index (χ0v) is 19.6. The number of ether oxygens (including phenoxy) is 2. The summed E-state index contributed by atoms with van der Waals surface area (Å²) in [7, 11) is -4.22. The number of phenolic OH excluding ortho intramolecular Hbond substituents is 1. The van der Waals surface area contributed by atoms with Crippen molar-refractivity contribution in [3.05, 3.63) is 62.9 Å². The summed E-state index contributed by atoms with van der Waals surface area (Å²) in [6.07, 6.45) is 2.30. The number of para-hydroxylation sites is 1. The summed E-state index contributed by atoms with van der Waals surface area (Å²) in [6.45, 7) is 1.01. The minimum absolute atomic E-state index is 0.00624. The number of phenols is 1. The summed E-state index contributed by atoms with van der Waals surface area (Å²) in [4.78, 5) is 3.61. The van der Waals surface area contributed by atoms with E-state index in [1.54, 1.807) is 13.0 Å². The molecule has 172 valence electrons. The van der Waals surface area contributed by atoms with Gasteiger partial charge in [-0.25, -0.2) is 13.4 Å². The zero-order chi connectivity index (χ0) is 23.5. The number of aromatic hydroxyl groups is 1. The summed E-state index contributed by atoms with van der Waals surface area (Å²) < 4.78 is 39.3. The Bertz CT molecular complexity index is 1170. The van der Waals surface area contributed by atoms with Crippen LogP contribution in [0.4, 0.5) is 0 Å². The molecule has 9 nitrogen and oxygen atoms in total. The summed E-state index contributed by atoms with van der Waals surface area (Å²) in [5, 5.41) is 22.5. The van der Waals surface area contributed by atoms with Crippen molar-refractivity contribution < 1.29 is 28.1 Å². The van der Waals surface area contributed by atoms with Gasteiger partial charge in [-0.3, -0.25) is 4.72 Å². The van der Waals surface area contributed by atoms with Gasteiger partial charge in [-0.2, -0.15) is 0 Å². The molecule has 4 N–H and O–H groups in total. The van der Waals surface area contributed by atoms with E-state index < -0.39 is 21.7 Å². The lowest BCUT2D eigenvalue weighted by Crippen LogP contribution is -2.53. The van der Waals surface area contributed by atoms with Gasteiger partial charge in [0.05, 0.1) is 35.7 Å². The third kappa shape index (κ3) is 5.40. The lowest BCUT2D eigenvalue weighted by molar-refractivity contribution is -0.163. The van der Waals surface area contributed by atoms with Crippen molar-refractivity contribution in [1.82, 2.24) is 10.0 Å². The van der Waals surface area contributed by atoms with Crippen molar-refractivity contribution in [2.45, 2.75) is 17.7 Å². The van der Waals surface area contributed by atoms with E-state index in [4.69, 9.17) is 44.3 Å². The third-order valence-electron chi connectivity index (χ3n) is 4.15. The molecule has 1 atom stereocenters. The molecule has 0 spiro atoms.